The number of carbonyl (C=O) groups is 1. The molecular formula is C25H30N2O2. The molecule has 1 heterocycles. The highest BCUT2D eigenvalue weighted by molar-refractivity contribution is 5.83. The number of fused-ring (bicyclic) bond motifs is 1. The summed E-state index contributed by atoms with van der Waals surface area (Å²) >= 11 is 0. The summed E-state index contributed by atoms with van der Waals surface area (Å²) in [7, 11) is 0. The molecule has 1 saturated carbocycles. The highest BCUT2D eigenvalue weighted by Gasteiger charge is 2.18. The SMILES string of the molecule is CC(=O)C(N)Cc1cc2cc(OCc3ccc(C4CCCC4)c(C)c3)ccc2[nH]1. The number of ether oxygens (including phenoxy) is 1. The summed E-state index contributed by atoms with van der Waals surface area (Å²) in [5.41, 5.74) is 12.0. The van der Waals surface area contributed by atoms with Gasteiger partial charge in [0.1, 0.15) is 18.1 Å². The molecule has 1 atom stereocenters. The van der Waals surface area contributed by atoms with E-state index in [4.69, 9.17) is 10.5 Å². The van der Waals surface area contributed by atoms with E-state index in [0.29, 0.717) is 13.0 Å². The van der Waals surface area contributed by atoms with Crippen LogP contribution in [0.5, 0.6) is 5.75 Å². The van der Waals surface area contributed by atoms with Crippen LogP contribution >= 0.6 is 0 Å². The van der Waals surface area contributed by atoms with Crippen molar-refractivity contribution >= 4 is 16.7 Å². The molecule has 4 nitrogen and oxygen atoms in total. The van der Waals surface area contributed by atoms with Gasteiger partial charge in [-0.3, -0.25) is 4.79 Å². The first-order valence-corrected chi connectivity index (χ1v) is 10.6. The van der Waals surface area contributed by atoms with Crippen molar-refractivity contribution in [2.75, 3.05) is 0 Å². The molecule has 1 aliphatic carbocycles. The maximum atomic E-state index is 11.4. The molecule has 0 aliphatic heterocycles. The Labute approximate surface area is 172 Å². The highest BCUT2D eigenvalue weighted by Crippen LogP contribution is 2.36. The standard InChI is InChI=1S/C25H30N2O2/c1-16-11-18(7-9-23(16)19-5-3-4-6-19)15-29-22-8-10-25-20(13-22)12-21(27-25)14-24(26)17(2)28/h7-13,19,24,27H,3-6,14-15,26H2,1-2H3. The normalized spacial score (nSPS) is 15.7. The van der Waals surface area contributed by atoms with E-state index in [2.05, 4.69) is 30.1 Å². The predicted octanol–water partition coefficient (Wildman–Crippen LogP) is 5.17. The average Bonchev–Trinajstić information content (AvgIpc) is 3.35. The second-order valence-electron chi connectivity index (χ2n) is 8.43. The smallest absolute Gasteiger partial charge is 0.146 e. The number of H-pyrrole nitrogens is 1. The first-order valence-electron chi connectivity index (χ1n) is 10.6. The number of aromatic amines is 1. The fourth-order valence-electron chi connectivity index (χ4n) is 4.44. The number of aryl methyl sites for hydroxylation is 1. The van der Waals surface area contributed by atoms with Gasteiger partial charge >= 0.3 is 0 Å². The number of hydrogen-bond acceptors (Lipinski definition) is 3. The Hall–Kier alpha value is -2.59. The first kappa shape index (κ1) is 19.7. The number of carbonyl (C=O) groups excluding carboxylic acids is 1. The molecule has 1 unspecified atom stereocenters. The Balaban J connectivity index is 1.42. The fraction of sp³-hybridized carbons (Fsp3) is 0.400. The van der Waals surface area contributed by atoms with E-state index in [0.717, 1.165) is 28.3 Å². The Morgan fingerprint density at radius 2 is 1.97 bits per heavy atom. The summed E-state index contributed by atoms with van der Waals surface area (Å²) in [5, 5.41) is 1.07. The van der Waals surface area contributed by atoms with Crippen LogP contribution in [0.2, 0.25) is 0 Å². The summed E-state index contributed by atoms with van der Waals surface area (Å²) in [6.45, 7) is 4.31. The van der Waals surface area contributed by atoms with Gasteiger partial charge in [-0.25, -0.2) is 0 Å². The second-order valence-corrected chi connectivity index (χ2v) is 8.43. The predicted molar refractivity (Wildman–Crippen MR) is 117 cm³/mol. The van der Waals surface area contributed by atoms with E-state index in [1.807, 2.05) is 24.3 Å². The monoisotopic (exact) mass is 390 g/mol. The number of aromatic nitrogens is 1. The van der Waals surface area contributed by atoms with E-state index in [1.54, 1.807) is 0 Å². The van der Waals surface area contributed by atoms with Crippen molar-refractivity contribution in [2.45, 2.75) is 64.5 Å². The first-order chi connectivity index (χ1) is 14.0. The summed E-state index contributed by atoms with van der Waals surface area (Å²) in [5.74, 6) is 1.59. The molecule has 4 heteroatoms. The summed E-state index contributed by atoms with van der Waals surface area (Å²) < 4.78 is 6.06. The van der Waals surface area contributed by atoms with Crippen molar-refractivity contribution in [2.24, 2.45) is 5.73 Å². The number of hydrogen-bond donors (Lipinski definition) is 2. The van der Waals surface area contributed by atoms with Crippen LogP contribution in [0.1, 0.15) is 60.9 Å². The van der Waals surface area contributed by atoms with Crippen LogP contribution in [0.25, 0.3) is 10.9 Å². The lowest BCUT2D eigenvalue weighted by Gasteiger charge is -2.15. The fourth-order valence-corrected chi connectivity index (χ4v) is 4.44. The van der Waals surface area contributed by atoms with Crippen LogP contribution in [0.15, 0.2) is 42.5 Å². The van der Waals surface area contributed by atoms with Crippen LogP contribution in [0.3, 0.4) is 0 Å². The third kappa shape index (κ3) is 4.54. The van der Waals surface area contributed by atoms with Crippen LogP contribution in [0, 0.1) is 6.92 Å². The summed E-state index contributed by atoms with van der Waals surface area (Å²) in [6, 6.07) is 14.4. The molecule has 1 fully saturated rings. The van der Waals surface area contributed by atoms with Crippen LogP contribution < -0.4 is 10.5 Å². The minimum absolute atomic E-state index is 0.00178. The van der Waals surface area contributed by atoms with Crippen LogP contribution in [-0.2, 0) is 17.8 Å². The summed E-state index contributed by atoms with van der Waals surface area (Å²) in [4.78, 5) is 14.7. The quantitative estimate of drug-likeness (QED) is 0.585. The van der Waals surface area contributed by atoms with Crippen molar-refractivity contribution in [3.63, 3.8) is 0 Å². The number of rotatable bonds is 7. The second kappa shape index (κ2) is 8.42. The number of ketones is 1. The van der Waals surface area contributed by atoms with Gasteiger partial charge < -0.3 is 15.5 Å². The van der Waals surface area contributed by atoms with Crippen molar-refractivity contribution < 1.29 is 9.53 Å². The molecular weight excluding hydrogens is 360 g/mol. The van der Waals surface area contributed by atoms with Gasteiger partial charge in [-0.15, -0.1) is 0 Å². The van der Waals surface area contributed by atoms with E-state index in [-0.39, 0.29) is 5.78 Å². The van der Waals surface area contributed by atoms with Gasteiger partial charge in [0.2, 0.25) is 0 Å². The lowest BCUT2D eigenvalue weighted by molar-refractivity contribution is -0.118. The third-order valence-electron chi connectivity index (χ3n) is 6.14. The van der Waals surface area contributed by atoms with E-state index >= 15 is 0 Å². The van der Waals surface area contributed by atoms with E-state index in [9.17, 15) is 4.79 Å². The Bertz CT molecular complexity index is 1010. The van der Waals surface area contributed by atoms with Crippen LogP contribution in [0.4, 0.5) is 0 Å². The zero-order chi connectivity index (χ0) is 20.4. The van der Waals surface area contributed by atoms with Crippen molar-refractivity contribution in [1.29, 1.82) is 0 Å². The molecule has 4 rings (SSSR count). The van der Waals surface area contributed by atoms with Crippen molar-refractivity contribution in [1.82, 2.24) is 4.98 Å². The molecule has 0 amide bonds. The van der Waals surface area contributed by atoms with Gasteiger partial charge in [0.05, 0.1) is 6.04 Å². The van der Waals surface area contributed by atoms with E-state index < -0.39 is 6.04 Å². The molecule has 1 aliphatic rings. The minimum atomic E-state index is -0.464. The Kier molecular flexibility index (Phi) is 5.72. The van der Waals surface area contributed by atoms with Gasteiger partial charge in [-0.05, 0) is 73.6 Å². The van der Waals surface area contributed by atoms with Crippen molar-refractivity contribution in [3.8, 4) is 5.75 Å². The lowest BCUT2D eigenvalue weighted by Crippen LogP contribution is -2.30. The van der Waals surface area contributed by atoms with Gasteiger partial charge in [0, 0.05) is 23.0 Å². The lowest BCUT2D eigenvalue weighted by atomic mass is 9.92. The number of nitrogens with two attached hydrogens (primary N) is 1. The average molecular weight is 391 g/mol. The number of benzene rings is 2. The molecule has 0 saturated heterocycles. The molecule has 0 spiro atoms. The molecule has 0 bridgehead atoms. The van der Waals surface area contributed by atoms with E-state index in [1.165, 1.54) is 49.3 Å². The topological polar surface area (TPSA) is 68.1 Å². The summed E-state index contributed by atoms with van der Waals surface area (Å²) in [6.07, 6.45) is 5.89. The molecule has 2 aromatic carbocycles. The maximum absolute atomic E-state index is 11.4. The van der Waals surface area contributed by atoms with Gasteiger partial charge in [0.25, 0.3) is 0 Å². The van der Waals surface area contributed by atoms with Crippen molar-refractivity contribution in [3.05, 3.63) is 64.8 Å². The Morgan fingerprint density at radius 3 is 2.69 bits per heavy atom. The molecule has 29 heavy (non-hydrogen) atoms. The largest absolute Gasteiger partial charge is 0.489 e. The molecule has 0 radical (unpaired) electrons. The van der Waals surface area contributed by atoms with Gasteiger partial charge in [-0.2, -0.15) is 0 Å². The van der Waals surface area contributed by atoms with Gasteiger partial charge in [0.15, 0.2) is 0 Å². The molecule has 1 aromatic heterocycles. The molecule has 3 aromatic rings. The van der Waals surface area contributed by atoms with Crippen LogP contribution in [-0.4, -0.2) is 16.8 Å². The zero-order valence-electron chi connectivity index (χ0n) is 17.3. The molecule has 3 N–H and O–H groups in total. The van der Waals surface area contributed by atoms with Gasteiger partial charge in [-0.1, -0.05) is 31.0 Å². The minimum Gasteiger partial charge on any atom is -0.489 e. The molecule has 152 valence electrons. The number of Topliss-reactive ketones (excluding diaryl/α,β-unsaturated/α-hetero) is 1. The number of nitrogens with one attached hydrogen (secondary N) is 1. The highest BCUT2D eigenvalue weighted by atomic mass is 16.5. The zero-order valence-corrected chi connectivity index (χ0v) is 17.3. The maximum Gasteiger partial charge on any atom is 0.146 e. The Morgan fingerprint density at radius 1 is 1.17 bits per heavy atom. The third-order valence-corrected chi connectivity index (χ3v) is 6.14.